The van der Waals surface area contributed by atoms with E-state index in [2.05, 4.69) is 15.6 Å². The van der Waals surface area contributed by atoms with Gasteiger partial charge in [-0.3, -0.25) is 4.79 Å². The molecule has 1 unspecified atom stereocenters. The average molecular weight is 309 g/mol. The zero-order valence-corrected chi connectivity index (χ0v) is 12.1. The van der Waals surface area contributed by atoms with Crippen molar-refractivity contribution in [3.05, 3.63) is 40.7 Å². The van der Waals surface area contributed by atoms with E-state index in [1.54, 1.807) is 25.1 Å². The van der Waals surface area contributed by atoms with Crippen molar-refractivity contribution < 1.29 is 14.7 Å². The van der Waals surface area contributed by atoms with Gasteiger partial charge in [-0.05, 0) is 31.5 Å². The number of carbonyl (C=O) groups excluding carboxylic acids is 1. The van der Waals surface area contributed by atoms with Crippen LogP contribution in [-0.2, 0) is 4.79 Å². The smallest absolute Gasteiger partial charge is 0.355 e. The third-order valence-electron chi connectivity index (χ3n) is 3.07. The predicted molar refractivity (Wildman–Crippen MR) is 76.5 cm³/mol. The second-order valence-electron chi connectivity index (χ2n) is 4.45. The van der Waals surface area contributed by atoms with Crippen molar-refractivity contribution in [3.8, 4) is 0 Å². The standard InChI is InChI=1S/C13H13ClN4O3/c1-7-9(14)4-3-5-10(7)16-12(19)8(2)18-11(13(20)21)6-15-17-18/h3-6,8H,1-2H3,(H,16,19)(H,20,21). The molecule has 2 N–H and O–H groups in total. The Balaban J connectivity index is 2.22. The average Bonchev–Trinajstić information content (AvgIpc) is 2.92. The highest BCUT2D eigenvalue weighted by atomic mass is 35.5. The van der Waals surface area contributed by atoms with Crippen molar-refractivity contribution in [1.82, 2.24) is 15.0 Å². The lowest BCUT2D eigenvalue weighted by atomic mass is 10.2. The van der Waals surface area contributed by atoms with Gasteiger partial charge in [0.15, 0.2) is 5.69 Å². The van der Waals surface area contributed by atoms with E-state index < -0.39 is 17.9 Å². The van der Waals surface area contributed by atoms with Crippen LogP contribution < -0.4 is 5.32 Å². The Morgan fingerprint density at radius 1 is 1.43 bits per heavy atom. The lowest BCUT2D eigenvalue weighted by molar-refractivity contribution is -0.119. The molecule has 110 valence electrons. The Hall–Kier alpha value is -2.41. The van der Waals surface area contributed by atoms with Gasteiger partial charge < -0.3 is 10.4 Å². The fourth-order valence-corrected chi connectivity index (χ4v) is 1.95. The van der Waals surface area contributed by atoms with Gasteiger partial charge >= 0.3 is 5.97 Å². The second-order valence-corrected chi connectivity index (χ2v) is 4.85. The number of hydrogen-bond acceptors (Lipinski definition) is 4. The third-order valence-corrected chi connectivity index (χ3v) is 3.48. The Labute approximate surface area is 125 Å². The molecule has 0 aliphatic carbocycles. The molecular weight excluding hydrogens is 296 g/mol. The van der Waals surface area contributed by atoms with Crippen molar-refractivity contribution in [1.29, 1.82) is 0 Å². The molecule has 0 bridgehead atoms. The monoisotopic (exact) mass is 308 g/mol. The first-order chi connectivity index (χ1) is 9.91. The van der Waals surface area contributed by atoms with Crippen LogP contribution in [0.15, 0.2) is 24.4 Å². The molecule has 1 aromatic heterocycles. The lowest BCUT2D eigenvalue weighted by Crippen LogP contribution is -2.27. The number of rotatable bonds is 4. The largest absolute Gasteiger partial charge is 0.476 e. The van der Waals surface area contributed by atoms with E-state index in [0.29, 0.717) is 10.7 Å². The minimum absolute atomic E-state index is 0.152. The summed E-state index contributed by atoms with van der Waals surface area (Å²) in [6.07, 6.45) is 1.09. The van der Waals surface area contributed by atoms with Crippen molar-refractivity contribution in [2.75, 3.05) is 5.32 Å². The molecule has 1 amide bonds. The second kappa shape index (κ2) is 5.92. The summed E-state index contributed by atoms with van der Waals surface area (Å²) < 4.78 is 1.05. The van der Waals surface area contributed by atoms with Crippen molar-refractivity contribution in [2.24, 2.45) is 0 Å². The Morgan fingerprint density at radius 2 is 2.14 bits per heavy atom. The molecule has 21 heavy (non-hydrogen) atoms. The summed E-state index contributed by atoms with van der Waals surface area (Å²) in [6.45, 7) is 3.32. The number of carbonyl (C=O) groups is 2. The van der Waals surface area contributed by atoms with Gasteiger partial charge in [0.05, 0.1) is 6.20 Å². The van der Waals surface area contributed by atoms with Crippen molar-refractivity contribution >= 4 is 29.2 Å². The van der Waals surface area contributed by atoms with Crippen LogP contribution in [0.2, 0.25) is 5.02 Å². The number of hydrogen-bond donors (Lipinski definition) is 2. The maximum atomic E-state index is 12.2. The van der Waals surface area contributed by atoms with E-state index in [0.717, 1.165) is 16.4 Å². The molecule has 0 radical (unpaired) electrons. The van der Waals surface area contributed by atoms with Gasteiger partial charge in [0, 0.05) is 10.7 Å². The lowest BCUT2D eigenvalue weighted by Gasteiger charge is -2.15. The molecule has 0 aliphatic rings. The van der Waals surface area contributed by atoms with Gasteiger partial charge in [0.25, 0.3) is 0 Å². The van der Waals surface area contributed by atoms with Crippen LogP contribution in [0.1, 0.15) is 29.0 Å². The SMILES string of the molecule is Cc1c(Cl)cccc1NC(=O)C(C)n1nncc1C(=O)O. The first-order valence-corrected chi connectivity index (χ1v) is 6.49. The topological polar surface area (TPSA) is 97.1 Å². The number of nitrogens with zero attached hydrogens (tertiary/aromatic N) is 3. The molecule has 1 atom stereocenters. The normalized spacial score (nSPS) is 12.0. The maximum absolute atomic E-state index is 12.2. The minimum atomic E-state index is -1.20. The predicted octanol–water partition coefficient (Wildman–Crippen LogP) is 2.14. The Bertz CT molecular complexity index is 698. The molecule has 0 saturated carbocycles. The fraction of sp³-hybridized carbons (Fsp3) is 0.231. The molecule has 0 aliphatic heterocycles. The van der Waals surface area contributed by atoms with Crippen LogP contribution in [0.25, 0.3) is 0 Å². The number of carboxylic acids is 1. The van der Waals surface area contributed by atoms with Gasteiger partial charge in [-0.1, -0.05) is 22.9 Å². The van der Waals surface area contributed by atoms with Crippen molar-refractivity contribution in [2.45, 2.75) is 19.9 Å². The van der Waals surface area contributed by atoms with E-state index in [4.69, 9.17) is 16.7 Å². The first-order valence-electron chi connectivity index (χ1n) is 6.11. The van der Waals surface area contributed by atoms with Gasteiger partial charge in [-0.2, -0.15) is 0 Å². The number of benzene rings is 1. The highest BCUT2D eigenvalue weighted by Crippen LogP contribution is 2.23. The number of carboxylic acid groups (broad SMARTS) is 1. The third kappa shape index (κ3) is 3.03. The van der Waals surface area contributed by atoms with Gasteiger partial charge in [-0.25, -0.2) is 9.48 Å². The molecule has 1 aromatic carbocycles. The van der Waals surface area contributed by atoms with E-state index >= 15 is 0 Å². The van der Waals surface area contributed by atoms with Gasteiger partial charge in [0.1, 0.15) is 6.04 Å². The molecule has 7 nitrogen and oxygen atoms in total. The van der Waals surface area contributed by atoms with Gasteiger partial charge in [0.2, 0.25) is 5.91 Å². The highest BCUT2D eigenvalue weighted by Gasteiger charge is 2.22. The van der Waals surface area contributed by atoms with Crippen LogP contribution in [-0.4, -0.2) is 32.0 Å². The molecule has 0 spiro atoms. The summed E-state index contributed by atoms with van der Waals surface area (Å²) in [7, 11) is 0. The summed E-state index contributed by atoms with van der Waals surface area (Å²) in [5.41, 5.74) is 1.15. The van der Waals surface area contributed by atoms with Crippen LogP contribution in [0, 0.1) is 6.92 Å². The summed E-state index contributed by atoms with van der Waals surface area (Å²) in [5, 5.41) is 19.4. The Morgan fingerprint density at radius 3 is 2.81 bits per heavy atom. The zero-order chi connectivity index (χ0) is 15.6. The van der Waals surface area contributed by atoms with E-state index in [-0.39, 0.29) is 5.69 Å². The van der Waals surface area contributed by atoms with Crippen LogP contribution in [0.4, 0.5) is 5.69 Å². The molecule has 0 saturated heterocycles. The Kier molecular flexibility index (Phi) is 4.23. The quantitative estimate of drug-likeness (QED) is 0.902. The molecule has 1 heterocycles. The maximum Gasteiger partial charge on any atom is 0.355 e. The van der Waals surface area contributed by atoms with E-state index in [1.807, 2.05) is 0 Å². The highest BCUT2D eigenvalue weighted by molar-refractivity contribution is 6.31. The van der Waals surface area contributed by atoms with Crippen LogP contribution in [0.3, 0.4) is 0 Å². The molecule has 8 heteroatoms. The summed E-state index contributed by atoms with van der Waals surface area (Å²) in [5.74, 6) is -1.60. The van der Waals surface area contributed by atoms with E-state index in [9.17, 15) is 9.59 Å². The number of anilines is 1. The van der Waals surface area contributed by atoms with E-state index in [1.165, 1.54) is 6.92 Å². The number of aromatic nitrogens is 3. The molecule has 2 aromatic rings. The number of nitrogens with one attached hydrogen (secondary N) is 1. The fourth-order valence-electron chi connectivity index (χ4n) is 1.77. The number of amides is 1. The summed E-state index contributed by atoms with van der Waals surface area (Å²) in [4.78, 5) is 23.2. The van der Waals surface area contributed by atoms with Crippen LogP contribution >= 0.6 is 11.6 Å². The van der Waals surface area contributed by atoms with Crippen LogP contribution in [0.5, 0.6) is 0 Å². The first kappa shape index (κ1) is 15.0. The summed E-state index contributed by atoms with van der Waals surface area (Å²) >= 11 is 5.99. The zero-order valence-electron chi connectivity index (χ0n) is 11.4. The van der Waals surface area contributed by atoms with Crippen molar-refractivity contribution in [3.63, 3.8) is 0 Å². The number of aromatic carboxylic acids is 1. The molecule has 0 fully saturated rings. The van der Waals surface area contributed by atoms with Gasteiger partial charge in [-0.15, -0.1) is 5.10 Å². The summed E-state index contributed by atoms with van der Waals surface area (Å²) in [6, 6.07) is 4.33. The minimum Gasteiger partial charge on any atom is -0.476 e. The molecular formula is C13H13ClN4O3. The molecule has 2 rings (SSSR count). The number of halogens is 1.